The fourth-order valence-electron chi connectivity index (χ4n) is 1.56. The van der Waals surface area contributed by atoms with Gasteiger partial charge in [-0.1, -0.05) is 0 Å². The Morgan fingerprint density at radius 2 is 2.11 bits per heavy atom. The van der Waals surface area contributed by atoms with Crippen LogP contribution in [0.5, 0.6) is 0 Å². The highest BCUT2D eigenvalue weighted by atomic mass is 16.4. The monoisotopic (exact) mass is 252 g/mol. The van der Waals surface area contributed by atoms with Crippen LogP contribution in [0.1, 0.15) is 29.2 Å². The van der Waals surface area contributed by atoms with E-state index in [4.69, 9.17) is 9.52 Å². The first-order valence-electron chi connectivity index (χ1n) is 5.97. The van der Waals surface area contributed by atoms with E-state index in [0.717, 1.165) is 12.8 Å². The van der Waals surface area contributed by atoms with Gasteiger partial charge in [0.2, 0.25) is 11.7 Å². The van der Waals surface area contributed by atoms with Crippen LogP contribution in [0.3, 0.4) is 0 Å². The lowest BCUT2D eigenvalue weighted by Gasteiger charge is -2.04. The number of carbonyl (C=O) groups excluding carboxylic acids is 1. The number of amides is 1. The van der Waals surface area contributed by atoms with E-state index < -0.39 is 5.97 Å². The van der Waals surface area contributed by atoms with Crippen LogP contribution < -0.4 is 10.6 Å². The molecule has 98 valence electrons. The number of hydrogen-bond acceptors (Lipinski definition) is 4. The van der Waals surface area contributed by atoms with Crippen molar-refractivity contribution in [2.75, 3.05) is 13.1 Å². The van der Waals surface area contributed by atoms with Crippen LogP contribution in [0.15, 0.2) is 16.5 Å². The molecule has 6 nitrogen and oxygen atoms in total. The smallest absolute Gasteiger partial charge is 0.371 e. The lowest BCUT2D eigenvalue weighted by Crippen LogP contribution is -2.32. The Kier molecular flexibility index (Phi) is 3.99. The van der Waals surface area contributed by atoms with Gasteiger partial charge in [-0.25, -0.2) is 4.79 Å². The summed E-state index contributed by atoms with van der Waals surface area (Å²) in [5, 5.41) is 14.6. The van der Waals surface area contributed by atoms with Crippen LogP contribution in [0.25, 0.3) is 0 Å². The molecule has 0 atom stereocenters. The average molecular weight is 252 g/mol. The van der Waals surface area contributed by atoms with Gasteiger partial charge in [-0.05, 0) is 25.0 Å². The highest BCUT2D eigenvalue weighted by Crippen LogP contribution is 2.28. The molecule has 1 amide bonds. The summed E-state index contributed by atoms with van der Waals surface area (Å²) >= 11 is 0. The van der Waals surface area contributed by atoms with Crippen molar-refractivity contribution in [1.29, 1.82) is 0 Å². The summed E-state index contributed by atoms with van der Waals surface area (Å²) in [5.41, 5.74) is 0. The zero-order valence-corrected chi connectivity index (χ0v) is 9.94. The molecular weight excluding hydrogens is 236 g/mol. The maximum absolute atomic E-state index is 11.3. The van der Waals surface area contributed by atoms with Gasteiger partial charge in [-0.3, -0.25) is 4.79 Å². The minimum absolute atomic E-state index is 0.0613. The van der Waals surface area contributed by atoms with Crippen molar-refractivity contribution < 1.29 is 19.1 Å². The number of furan rings is 1. The second kappa shape index (κ2) is 5.68. The molecule has 1 aliphatic carbocycles. The third-order valence-electron chi connectivity index (χ3n) is 2.72. The predicted octanol–water partition coefficient (Wildman–Crippen LogP) is 0.594. The zero-order valence-electron chi connectivity index (χ0n) is 9.94. The SMILES string of the molecule is O=C(O)c1ccc(CNCCNC(=O)C2CC2)o1. The van der Waals surface area contributed by atoms with Gasteiger partial charge in [-0.2, -0.15) is 0 Å². The van der Waals surface area contributed by atoms with Gasteiger partial charge in [0.25, 0.3) is 0 Å². The van der Waals surface area contributed by atoms with E-state index in [1.165, 1.54) is 6.07 Å². The first-order chi connectivity index (χ1) is 8.66. The summed E-state index contributed by atoms with van der Waals surface area (Å²) in [5.74, 6) is -0.205. The van der Waals surface area contributed by atoms with Gasteiger partial charge in [0.1, 0.15) is 5.76 Å². The Balaban J connectivity index is 1.59. The largest absolute Gasteiger partial charge is 0.475 e. The Morgan fingerprint density at radius 3 is 2.72 bits per heavy atom. The number of rotatable bonds is 7. The molecule has 0 bridgehead atoms. The average Bonchev–Trinajstić information content (AvgIpc) is 3.08. The number of carbonyl (C=O) groups is 2. The first kappa shape index (κ1) is 12.6. The lowest BCUT2D eigenvalue weighted by molar-refractivity contribution is -0.122. The molecule has 3 N–H and O–H groups in total. The summed E-state index contributed by atoms with van der Waals surface area (Å²) in [6.45, 7) is 1.65. The number of carboxylic acid groups (broad SMARTS) is 1. The van der Waals surface area contributed by atoms with E-state index >= 15 is 0 Å². The first-order valence-corrected chi connectivity index (χ1v) is 5.97. The molecule has 1 fully saturated rings. The molecule has 2 rings (SSSR count). The van der Waals surface area contributed by atoms with Crippen molar-refractivity contribution in [2.24, 2.45) is 5.92 Å². The highest BCUT2D eigenvalue weighted by molar-refractivity contribution is 5.84. The molecule has 0 aromatic carbocycles. The van der Waals surface area contributed by atoms with E-state index in [1.807, 2.05) is 0 Å². The number of nitrogens with one attached hydrogen (secondary N) is 2. The molecule has 0 aliphatic heterocycles. The van der Waals surface area contributed by atoms with Gasteiger partial charge in [0.05, 0.1) is 6.54 Å². The fourth-order valence-corrected chi connectivity index (χ4v) is 1.56. The molecule has 0 radical (unpaired) electrons. The quantitative estimate of drug-likeness (QED) is 0.618. The zero-order chi connectivity index (χ0) is 13.0. The number of aromatic carboxylic acids is 1. The summed E-state index contributed by atoms with van der Waals surface area (Å²) < 4.78 is 5.07. The molecule has 0 saturated heterocycles. The minimum atomic E-state index is -1.07. The van der Waals surface area contributed by atoms with Gasteiger partial charge in [0.15, 0.2) is 0 Å². The number of carboxylic acids is 1. The molecule has 0 spiro atoms. The van der Waals surface area contributed by atoms with Crippen LogP contribution in [0, 0.1) is 5.92 Å². The molecule has 1 aromatic heterocycles. The van der Waals surface area contributed by atoms with E-state index in [2.05, 4.69) is 10.6 Å². The van der Waals surface area contributed by atoms with Gasteiger partial charge in [-0.15, -0.1) is 0 Å². The van der Waals surface area contributed by atoms with Crippen LogP contribution in [-0.2, 0) is 11.3 Å². The molecule has 1 heterocycles. The summed E-state index contributed by atoms with van der Waals surface area (Å²) in [7, 11) is 0. The van der Waals surface area contributed by atoms with Crippen LogP contribution in [-0.4, -0.2) is 30.1 Å². The normalized spacial score (nSPS) is 14.4. The maximum Gasteiger partial charge on any atom is 0.371 e. The second-order valence-corrected chi connectivity index (χ2v) is 4.31. The van der Waals surface area contributed by atoms with E-state index in [0.29, 0.717) is 25.4 Å². The standard InChI is InChI=1S/C12H16N2O4/c15-11(8-1-2-8)14-6-5-13-7-9-3-4-10(18-9)12(16)17/h3-4,8,13H,1-2,5-7H2,(H,14,15)(H,16,17). The van der Waals surface area contributed by atoms with Crippen molar-refractivity contribution >= 4 is 11.9 Å². The predicted molar refractivity (Wildman–Crippen MR) is 63.1 cm³/mol. The topological polar surface area (TPSA) is 91.6 Å². The lowest BCUT2D eigenvalue weighted by atomic mass is 10.4. The van der Waals surface area contributed by atoms with Crippen molar-refractivity contribution in [2.45, 2.75) is 19.4 Å². The molecule has 1 aromatic rings. The number of hydrogen-bond donors (Lipinski definition) is 3. The second-order valence-electron chi connectivity index (χ2n) is 4.31. The van der Waals surface area contributed by atoms with Crippen LogP contribution in [0.2, 0.25) is 0 Å². The minimum Gasteiger partial charge on any atom is -0.475 e. The van der Waals surface area contributed by atoms with E-state index in [-0.39, 0.29) is 17.6 Å². The third kappa shape index (κ3) is 3.59. The Hall–Kier alpha value is -1.82. The third-order valence-corrected chi connectivity index (χ3v) is 2.72. The fraction of sp³-hybridized carbons (Fsp3) is 0.500. The van der Waals surface area contributed by atoms with Crippen LogP contribution >= 0.6 is 0 Å². The molecule has 18 heavy (non-hydrogen) atoms. The Bertz CT molecular complexity index is 437. The highest BCUT2D eigenvalue weighted by Gasteiger charge is 2.28. The van der Waals surface area contributed by atoms with Crippen molar-refractivity contribution in [3.8, 4) is 0 Å². The maximum atomic E-state index is 11.3. The van der Waals surface area contributed by atoms with Crippen molar-refractivity contribution in [1.82, 2.24) is 10.6 Å². The van der Waals surface area contributed by atoms with E-state index in [9.17, 15) is 9.59 Å². The molecule has 1 saturated carbocycles. The summed E-state index contributed by atoms with van der Waals surface area (Å²) in [6.07, 6.45) is 2.01. The Morgan fingerprint density at radius 1 is 1.33 bits per heavy atom. The van der Waals surface area contributed by atoms with Gasteiger partial charge in [0, 0.05) is 19.0 Å². The van der Waals surface area contributed by atoms with Crippen molar-refractivity contribution in [3.63, 3.8) is 0 Å². The molecule has 6 heteroatoms. The summed E-state index contributed by atoms with van der Waals surface area (Å²) in [6, 6.07) is 3.05. The molecule has 1 aliphatic rings. The summed E-state index contributed by atoms with van der Waals surface area (Å²) in [4.78, 5) is 21.9. The molecular formula is C12H16N2O4. The Labute approximate surface area is 104 Å². The van der Waals surface area contributed by atoms with Crippen molar-refractivity contribution in [3.05, 3.63) is 23.7 Å². The van der Waals surface area contributed by atoms with E-state index in [1.54, 1.807) is 6.07 Å². The van der Waals surface area contributed by atoms with Crippen LogP contribution in [0.4, 0.5) is 0 Å². The van der Waals surface area contributed by atoms with Gasteiger partial charge >= 0.3 is 5.97 Å². The molecule has 0 unspecified atom stereocenters. The van der Waals surface area contributed by atoms with Gasteiger partial charge < -0.3 is 20.2 Å².